The van der Waals surface area contributed by atoms with E-state index in [1.807, 2.05) is 43.0 Å². The molecular weight excluding hydrogens is 270 g/mol. The number of carboxylic acid groups (broad SMARTS) is 1. The van der Waals surface area contributed by atoms with Crippen LogP contribution in [0.25, 0.3) is 0 Å². The molecule has 0 aliphatic heterocycles. The number of thiophene rings is 1. The fourth-order valence-corrected chi connectivity index (χ4v) is 3.11. The van der Waals surface area contributed by atoms with Crippen LogP contribution in [-0.2, 0) is 4.79 Å². The Kier molecular flexibility index (Phi) is 4.45. The van der Waals surface area contributed by atoms with Crippen LogP contribution in [0.1, 0.15) is 28.3 Å². The van der Waals surface area contributed by atoms with Crippen LogP contribution >= 0.6 is 11.3 Å². The van der Waals surface area contributed by atoms with Crippen molar-refractivity contribution in [2.24, 2.45) is 0 Å². The molecule has 1 atom stereocenters. The average Bonchev–Trinajstić information content (AvgIpc) is 2.83. The number of carboxylic acids is 1. The molecule has 3 nitrogen and oxygen atoms in total. The van der Waals surface area contributed by atoms with Crippen molar-refractivity contribution in [3.63, 3.8) is 0 Å². The highest BCUT2D eigenvalue weighted by Crippen LogP contribution is 2.31. The van der Waals surface area contributed by atoms with E-state index in [0.717, 1.165) is 5.69 Å². The summed E-state index contributed by atoms with van der Waals surface area (Å²) in [5, 5.41) is 9.16. The predicted molar refractivity (Wildman–Crippen MR) is 83.6 cm³/mol. The number of carbonyl (C=O) groups is 1. The van der Waals surface area contributed by atoms with Gasteiger partial charge in [0.2, 0.25) is 0 Å². The first kappa shape index (κ1) is 14.6. The van der Waals surface area contributed by atoms with Gasteiger partial charge in [0.25, 0.3) is 0 Å². The number of aliphatic carboxylic acids is 1. The van der Waals surface area contributed by atoms with Gasteiger partial charge in [0.15, 0.2) is 0 Å². The first-order chi connectivity index (χ1) is 9.47. The number of nitrogens with zero attached hydrogens (tertiary/aromatic N) is 1. The van der Waals surface area contributed by atoms with Crippen molar-refractivity contribution in [3.05, 3.63) is 51.7 Å². The lowest BCUT2D eigenvalue weighted by atomic mass is 10.1. The van der Waals surface area contributed by atoms with Gasteiger partial charge >= 0.3 is 5.97 Å². The van der Waals surface area contributed by atoms with Crippen LogP contribution in [-0.4, -0.2) is 17.6 Å². The number of aryl methyl sites for hydroxylation is 2. The summed E-state index contributed by atoms with van der Waals surface area (Å²) < 4.78 is 0. The zero-order chi connectivity index (χ0) is 14.7. The molecule has 0 amide bonds. The maximum absolute atomic E-state index is 11.2. The molecule has 0 radical (unpaired) electrons. The Balaban J connectivity index is 2.31. The van der Waals surface area contributed by atoms with E-state index >= 15 is 0 Å². The molecule has 0 aliphatic rings. The van der Waals surface area contributed by atoms with Crippen LogP contribution in [0, 0.1) is 13.8 Å². The molecule has 0 bridgehead atoms. The van der Waals surface area contributed by atoms with Crippen LogP contribution < -0.4 is 4.90 Å². The zero-order valence-corrected chi connectivity index (χ0v) is 12.8. The van der Waals surface area contributed by atoms with Crippen molar-refractivity contribution in [1.29, 1.82) is 0 Å². The van der Waals surface area contributed by atoms with E-state index < -0.39 is 5.97 Å². The van der Waals surface area contributed by atoms with Gasteiger partial charge in [0, 0.05) is 15.4 Å². The van der Waals surface area contributed by atoms with E-state index in [9.17, 15) is 4.79 Å². The van der Waals surface area contributed by atoms with Gasteiger partial charge in [0.1, 0.15) is 6.54 Å². The Morgan fingerprint density at radius 3 is 2.35 bits per heavy atom. The lowest BCUT2D eigenvalue weighted by Gasteiger charge is -2.29. The van der Waals surface area contributed by atoms with Crippen molar-refractivity contribution in [1.82, 2.24) is 0 Å². The van der Waals surface area contributed by atoms with E-state index in [1.165, 1.54) is 15.3 Å². The fraction of sp³-hybridized carbons (Fsp3) is 0.312. The molecule has 0 saturated carbocycles. The smallest absolute Gasteiger partial charge is 0.323 e. The largest absolute Gasteiger partial charge is 0.480 e. The third kappa shape index (κ3) is 3.39. The van der Waals surface area contributed by atoms with Crippen molar-refractivity contribution in [2.45, 2.75) is 26.8 Å². The standard InChI is InChI=1S/C16H19NO2S/c1-11-4-7-14(8-5-11)17(10-16(18)19)13(3)15-9-6-12(2)20-15/h4-9,13H,10H2,1-3H3,(H,18,19). The number of rotatable bonds is 5. The minimum absolute atomic E-state index is 0.00117. The monoisotopic (exact) mass is 289 g/mol. The fourth-order valence-electron chi connectivity index (χ4n) is 2.17. The van der Waals surface area contributed by atoms with Gasteiger partial charge in [-0.15, -0.1) is 11.3 Å². The molecule has 0 saturated heterocycles. The Labute approximate surface area is 123 Å². The van der Waals surface area contributed by atoms with Gasteiger partial charge in [0.05, 0.1) is 6.04 Å². The topological polar surface area (TPSA) is 40.5 Å². The molecule has 4 heteroatoms. The molecule has 2 rings (SSSR count). The highest BCUT2D eigenvalue weighted by Gasteiger charge is 2.20. The van der Waals surface area contributed by atoms with E-state index in [1.54, 1.807) is 11.3 Å². The number of hydrogen-bond acceptors (Lipinski definition) is 3. The first-order valence-electron chi connectivity index (χ1n) is 6.59. The molecule has 0 spiro atoms. The van der Waals surface area contributed by atoms with Crippen molar-refractivity contribution >= 4 is 23.0 Å². The summed E-state index contributed by atoms with van der Waals surface area (Å²) in [6.07, 6.45) is 0. The third-order valence-electron chi connectivity index (χ3n) is 3.31. The molecule has 106 valence electrons. The highest BCUT2D eigenvalue weighted by atomic mass is 32.1. The molecular formula is C16H19NO2S. The minimum atomic E-state index is -0.814. The summed E-state index contributed by atoms with van der Waals surface area (Å²) in [6.45, 7) is 6.14. The lowest BCUT2D eigenvalue weighted by molar-refractivity contribution is -0.135. The van der Waals surface area contributed by atoms with Crippen molar-refractivity contribution in [2.75, 3.05) is 11.4 Å². The van der Waals surface area contributed by atoms with E-state index in [-0.39, 0.29) is 12.6 Å². The summed E-state index contributed by atoms with van der Waals surface area (Å²) in [5.74, 6) is -0.814. The third-order valence-corrected chi connectivity index (χ3v) is 4.48. The summed E-state index contributed by atoms with van der Waals surface area (Å²) >= 11 is 1.71. The van der Waals surface area contributed by atoms with Gasteiger partial charge < -0.3 is 10.0 Å². The summed E-state index contributed by atoms with van der Waals surface area (Å²) in [7, 11) is 0. The second-order valence-corrected chi connectivity index (χ2v) is 6.30. The van der Waals surface area contributed by atoms with Crippen LogP contribution in [0.3, 0.4) is 0 Å². The Morgan fingerprint density at radius 2 is 1.85 bits per heavy atom. The Bertz CT molecular complexity index is 589. The lowest BCUT2D eigenvalue weighted by Crippen LogP contribution is -2.31. The number of benzene rings is 1. The summed E-state index contributed by atoms with van der Waals surface area (Å²) in [6, 6.07) is 12.2. The normalized spacial score (nSPS) is 12.2. The molecule has 0 fully saturated rings. The highest BCUT2D eigenvalue weighted by molar-refractivity contribution is 7.12. The molecule has 1 N–H and O–H groups in total. The molecule has 2 aromatic rings. The number of hydrogen-bond donors (Lipinski definition) is 1. The Morgan fingerprint density at radius 1 is 1.20 bits per heavy atom. The maximum Gasteiger partial charge on any atom is 0.323 e. The van der Waals surface area contributed by atoms with E-state index in [0.29, 0.717) is 0 Å². The average molecular weight is 289 g/mol. The SMILES string of the molecule is Cc1ccc(N(CC(=O)O)C(C)c2ccc(C)s2)cc1. The predicted octanol–water partition coefficient (Wildman–Crippen LogP) is 4.02. The van der Waals surface area contributed by atoms with E-state index in [4.69, 9.17) is 5.11 Å². The van der Waals surface area contributed by atoms with Gasteiger partial charge in [-0.25, -0.2) is 0 Å². The van der Waals surface area contributed by atoms with Crippen LogP contribution in [0.5, 0.6) is 0 Å². The van der Waals surface area contributed by atoms with Crippen molar-refractivity contribution in [3.8, 4) is 0 Å². The van der Waals surface area contributed by atoms with Crippen LogP contribution in [0.2, 0.25) is 0 Å². The van der Waals surface area contributed by atoms with Gasteiger partial charge in [-0.3, -0.25) is 4.79 Å². The van der Waals surface area contributed by atoms with Crippen LogP contribution in [0.4, 0.5) is 5.69 Å². The molecule has 1 aromatic carbocycles. The molecule has 1 unspecified atom stereocenters. The minimum Gasteiger partial charge on any atom is -0.480 e. The van der Waals surface area contributed by atoms with E-state index in [2.05, 4.69) is 19.1 Å². The second-order valence-electron chi connectivity index (χ2n) is 4.98. The molecule has 1 aromatic heterocycles. The zero-order valence-electron chi connectivity index (χ0n) is 12.0. The van der Waals surface area contributed by atoms with Gasteiger partial charge in [-0.1, -0.05) is 17.7 Å². The quantitative estimate of drug-likeness (QED) is 0.904. The summed E-state index contributed by atoms with van der Waals surface area (Å²) in [4.78, 5) is 15.5. The Hall–Kier alpha value is -1.81. The maximum atomic E-state index is 11.2. The van der Waals surface area contributed by atoms with Gasteiger partial charge in [-0.05, 0) is 45.0 Å². The summed E-state index contributed by atoms with van der Waals surface area (Å²) in [5.41, 5.74) is 2.11. The van der Waals surface area contributed by atoms with Gasteiger partial charge in [-0.2, -0.15) is 0 Å². The van der Waals surface area contributed by atoms with Crippen molar-refractivity contribution < 1.29 is 9.90 Å². The molecule has 1 heterocycles. The first-order valence-corrected chi connectivity index (χ1v) is 7.40. The molecule has 20 heavy (non-hydrogen) atoms. The number of anilines is 1. The van der Waals surface area contributed by atoms with Crippen LogP contribution in [0.15, 0.2) is 36.4 Å². The molecule has 0 aliphatic carbocycles. The second kappa shape index (κ2) is 6.09.